The summed E-state index contributed by atoms with van der Waals surface area (Å²) in [5, 5.41) is 0. The molecule has 0 aliphatic heterocycles. The number of aromatic amines is 1. The van der Waals surface area contributed by atoms with Crippen molar-refractivity contribution in [2.24, 2.45) is 5.73 Å². The quantitative estimate of drug-likeness (QED) is 0.796. The Hall–Kier alpha value is -1.20. The van der Waals surface area contributed by atoms with Gasteiger partial charge in [0, 0.05) is 12.0 Å². The highest BCUT2D eigenvalue weighted by molar-refractivity contribution is 9.10. The van der Waals surface area contributed by atoms with Crippen molar-refractivity contribution in [2.75, 3.05) is 6.54 Å². The minimum absolute atomic E-state index is 0.259. The summed E-state index contributed by atoms with van der Waals surface area (Å²) < 4.78 is 13.6. The molecule has 0 atom stereocenters. The van der Waals surface area contributed by atoms with Gasteiger partial charge in [-0.1, -0.05) is 6.42 Å². The summed E-state index contributed by atoms with van der Waals surface area (Å²) in [4.78, 5) is 7.61. The Morgan fingerprint density at radius 3 is 2.84 bits per heavy atom. The van der Waals surface area contributed by atoms with Gasteiger partial charge in [-0.3, -0.25) is 0 Å². The molecule has 19 heavy (non-hydrogen) atoms. The van der Waals surface area contributed by atoms with E-state index in [1.54, 1.807) is 18.3 Å². The molecule has 0 aliphatic carbocycles. The van der Waals surface area contributed by atoms with E-state index in [0.29, 0.717) is 4.47 Å². The Morgan fingerprint density at radius 2 is 2.11 bits per heavy atom. The van der Waals surface area contributed by atoms with Crippen LogP contribution in [0.1, 0.15) is 25.1 Å². The number of nitrogens with one attached hydrogen (secondary N) is 1. The minimum Gasteiger partial charge on any atom is -0.342 e. The van der Waals surface area contributed by atoms with Gasteiger partial charge in [-0.2, -0.15) is 0 Å². The van der Waals surface area contributed by atoms with Crippen molar-refractivity contribution in [2.45, 2.75) is 25.7 Å². The molecule has 0 saturated carbocycles. The lowest BCUT2D eigenvalue weighted by atomic mass is 10.1. The van der Waals surface area contributed by atoms with Crippen LogP contribution in [0.4, 0.5) is 4.39 Å². The number of imidazole rings is 1. The van der Waals surface area contributed by atoms with Gasteiger partial charge >= 0.3 is 0 Å². The normalized spacial score (nSPS) is 10.9. The van der Waals surface area contributed by atoms with Crippen LogP contribution in [0.15, 0.2) is 28.9 Å². The lowest BCUT2D eigenvalue weighted by Crippen LogP contribution is -1.98. The maximum Gasteiger partial charge on any atom is 0.137 e. The van der Waals surface area contributed by atoms with Crippen molar-refractivity contribution < 1.29 is 4.39 Å². The number of halogens is 2. The molecule has 5 heteroatoms. The number of rotatable bonds is 6. The summed E-state index contributed by atoms with van der Waals surface area (Å²) in [6.45, 7) is 0.743. The van der Waals surface area contributed by atoms with Crippen molar-refractivity contribution in [3.8, 4) is 11.3 Å². The summed E-state index contributed by atoms with van der Waals surface area (Å²) >= 11 is 3.19. The summed E-state index contributed by atoms with van der Waals surface area (Å²) in [7, 11) is 0. The molecule has 0 spiro atoms. The zero-order valence-corrected chi connectivity index (χ0v) is 12.2. The van der Waals surface area contributed by atoms with Gasteiger partial charge in [0.1, 0.15) is 11.6 Å². The average Bonchev–Trinajstić information content (AvgIpc) is 2.87. The van der Waals surface area contributed by atoms with Gasteiger partial charge in [-0.25, -0.2) is 9.37 Å². The van der Waals surface area contributed by atoms with Crippen LogP contribution in [-0.4, -0.2) is 16.5 Å². The number of H-pyrrole nitrogens is 1. The van der Waals surface area contributed by atoms with E-state index in [-0.39, 0.29) is 5.82 Å². The molecule has 102 valence electrons. The van der Waals surface area contributed by atoms with E-state index in [1.165, 1.54) is 6.07 Å². The molecule has 2 rings (SSSR count). The molecule has 3 nitrogen and oxygen atoms in total. The lowest BCUT2D eigenvalue weighted by molar-refractivity contribution is 0.621. The highest BCUT2D eigenvalue weighted by Crippen LogP contribution is 2.24. The second-order valence-electron chi connectivity index (χ2n) is 4.47. The zero-order valence-electron chi connectivity index (χ0n) is 10.6. The predicted molar refractivity (Wildman–Crippen MR) is 78.3 cm³/mol. The lowest BCUT2D eigenvalue weighted by Gasteiger charge is -2.00. The Kier molecular flexibility index (Phi) is 5.10. The fraction of sp³-hybridized carbons (Fsp3) is 0.357. The molecule has 1 aromatic carbocycles. The number of nitrogens with zero attached hydrogens (tertiary/aromatic N) is 1. The van der Waals surface area contributed by atoms with E-state index in [2.05, 4.69) is 25.9 Å². The van der Waals surface area contributed by atoms with Gasteiger partial charge in [-0.05, 0) is 53.5 Å². The molecular formula is C14H17BrFN3. The van der Waals surface area contributed by atoms with E-state index < -0.39 is 0 Å². The Labute approximate surface area is 120 Å². The van der Waals surface area contributed by atoms with Crippen LogP contribution in [0.3, 0.4) is 0 Å². The first-order valence-corrected chi connectivity index (χ1v) is 7.19. The SMILES string of the molecule is NCCCCCc1ncc(-c2ccc(F)c(Br)c2)[nH]1. The number of benzene rings is 1. The van der Waals surface area contributed by atoms with Gasteiger partial charge in [0.05, 0.1) is 16.4 Å². The van der Waals surface area contributed by atoms with Crippen molar-refractivity contribution in [3.63, 3.8) is 0 Å². The second kappa shape index (κ2) is 6.82. The first kappa shape index (κ1) is 14.2. The van der Waals surface area contributed by atoms with E-state index in [0.717, 1.165) is 49.3 Å². The van der Waals surface area contributed by atoms with Crippen LogP contribution in [0.25, 0.3) is 11.3 Å². The van der Waals surface area contributed by atoms with E-state index in [4.69, 9.17) is 5.73 Å². The summed E-state index contributed by atoms with van der Waals surface area (Å²) in [5.74, 6) is 0.706. The monoisotopic (exact) mass is 325 g/mol. The number of nitrogens with two attached hydrogens (primary N) is 1. The number of unbranched alkanes of at least 4 members (excludes halogenated alkanes) is 2. The van der Waals surface area contributed by atoms with Gasteiger partial charge < -0.3 is 10.7 Å². The molecule has 0 aliphatic rings. The second-order valence-corrected chi connectivity index (χ2v) is 5.33. The predicted octanol–water partition coefficient (Wildman–Crippen LogP) is 3.65. The van der Waals surface area contributed by atoms with Crippen LogP contribution in [-0.2, 0) is 6.42 Å². The first-order chi connectivity index (χ1) is 9.20. The number of hydrogen-bond donors (Lipinski definition) is 2. The average molecular weight is 326 g/mol. The van der Waals surface area contributed by atoms with E-state index in [1.807, 2.05) is 0 Å². The maximum absolute atomic E-state index is 13.2. The fourth-order valence-corrected chi connectivity index (χ4v) is 2.29. The third-order valence-electron chi connectivity index (χ3n) is 2.98. The van der Waals surface area contributed by atoms with Gasteiger partial charge in [0.25, 0.3) is 0 Å². The molecule has 0 saturated heterocycles. The molecule has 0 fully saturated rings. The van der Waals surface area contributed by atoms with Gasteiger partial charge in [0.15, 0.2) is 0 Å². The fourth-order valence-electron chi connectivity index (χ4n) is 1.91. The van der Waals surface area contributed by atoms with Gasteiger partial charge in [-0.15, -0.1) is 0 Å². The third kappa shape index (κ3) is 3.88. The molecular weight excluding hydrogens is 309 g/mol. The zero-order chi connectivity index (χ0) is 13.7. The highest BCUT2D eigenvalue weighted by atomic mass is 79.9. The van der Waals surface area contributed by atoms with E-state index in [9.17, 15) is 4.39 Å². The van der Waals surface area contributed by atoms with Crippen LogP contribution >= 0.6 is 15.9 Å². The standard InChI is InChI=1S/C14H17BrFN3/c15-11-8-10(5-6-12(11)16)13-9-18-14(19-13)4-2-1-3-7-17/h5-6,8-9H,1-4,7,17H2,(H,18,19). The van der Waals surface area contributed by atoms with Crippen molar-refractivity contribution >= 4 is 15.9 Å². The summed E-state index contributed by atoms with van der Waals surface area (Å²) in [5.41, 5.74) is 7.29. The molecule has 0 amide bonds. The smallest absolute Gasteiger partial charge is 0.137 e. The van der Waals surface area contributed by atoms with Crippen LogP contribution in [0.5, 0.6) is 0 Å². The highest BCUT2D eigenvalue weighted by Gasteiger charge is 2.06. The Balaban J connectivity index is 2.01. The Morgan fingerprint density at radius 1 is 1.26 bits per heavy atom. The molecule has 2 aromatic rings. The molecule has 0 radical (unpaired) electrons. The molecule has 0 unspecified atom stereocenters. The van der Waals surface area contributed by atoms with Crippen LogP contribution < -0.4 is 5.73 Å². The molecule has 1 heterocycles. The van der Waals surface area contributed by atoms with Crippen LogP contribution in [0.2, 0.25) is 0 Å². The third-order valence-corrected chi connectivity index (χ3v) is 3.58. The molecule has 3 N–H and O–H groups in total. The number of aromatic nitrogens is 2. The largest absolute Gasteiger partial charge is 0.342 e. The van der Waals surface area contributed by atoms with Crippen LogP contribution in [0, 0.1) is 5.82 Å². The van der Waals surface area contributed by atoms with E-state index >= 15 is 0 Å². The van der Waals surface area contributed by atoms with Crippen molar-refractivity contribution in [1.82, 2.24) is 9.97 Å². The van der Waals surface area contributed by atoms with Crippen molar-refractivity contribution in [3.05, 3.63) is 40.5 Å². The number of hydrogen-bond acceptors (Lipinski definition) is 2. The minimum atomic E-state index is -0.259. The summed E-state index contributed by atoms with van der Waals surface area (Å²) in [6, 6.07) is 4.94. The topological polar surface area (TPSA) is 54.7 Å². The van der Waals surface area contributed by atoms with Crippen molar-refractivity contribution in [1.29, 1.82) is 0 Å². The molecule has 1 aromatic heterocycles. The number of aryl methyl sites for hydroxylation is 1. The van der Waals surface area contributed by atoms with Gasteiger partial charge in [0.2, 0.25) is 0 Å². The summed E-state index contributed by atoms with van der Waals surface area (Å²) in [6.07, 6.45) is 5.96. The maximum atomic E-state index is 13.2. The first-order valence-electron chi connectivity index (χ1n) is 6.40. The molecule has 0 bridgehead atoms. The Bertz CT molecular complexity index is 539.